The average molecular weight is 258 g/mol. The van der Waals surface area contributed by atoms with E-state index in [4.69, 9.17) is 4.74 Å². The molecule has 1 rings (SSSR count). The van der Waals surface area contributed by atoms with Crippen LogP contribution in [0.15, 0.2) is 0 Å². The van der Waals surface area contributed by atoms with E-state index in [1.165, 1.54) is 0 Å². The first-order chi connectivity index (χ1) is 8.26. The highest BCUT2D eigenvalue weighted by molar-refractivity contribution is 5.68. The molecule has 5 nitrogen and oxygen atoms in total. The van der Waals surface area contributed by atoms with Crippen molar-refractivity contribution in [2.75, 3.05) is 26.7 Å². The highest BCUT2D eigenvalue weighted by atomic mass is 16.6. The third kappa shape index (κ3) is 4.82. The Bertz CT molecular complexity index is 278. The van der Waals surface area contributed by atoms with E-state index >= 15 is 0 Å². The molecule has 0 saturated carbocycles. The van der Waals surface area contributed by atoms with Gasteiger partial charge in [-0.05, 0) is 53.6 Å². The Kier molecular flexibility index (Phi) is 4.99. The SMILES string of the molecule is CNCCC1(O)CCN(C(=O)OC(C)(C)C)CC1. The standard InChI is InChI=1S/C13H26N2O3/c1-12(2,3)18-11(16)15-9-6-13(17,7-10-15)5-8-14-4/h14,17H,5-10H2,1-4H3. The van der Waals surface area contributed by atoms with Gasteiger partial charge in [0.1, 0.15) is 5.60 Å². The second-order valence-electron chi connectivity index (χ2n) is 6.05. The summed E-state index contributed by atoms with van der Waals surface area (Å²) in [5.41, 5.74) is -1.10. The largest absolute Gasteiger partial charge is 0.444 e. The van der Waals surface area contributed by atoms with Crippen molar-refractivity contribution in [3.63, 3.8) is 0 Å². The van der Waals surface area contributed by atoms with Crippen molar-refractivity contribution < 1.29 is 14.6 Å². The molecule has 0 unspecified atom stereocenters. The molecular weight excluding hydrogens is 232 g/mol. The second kappa shape index (κ2) is 5.89. The van der Waals surface area contributed by atoms with Crippen molar-refractivity contribution in [3.05, 3.63) is 0 Å². The smallest absolute Gasteiger partial charge is 0.410 e. The molecule has 1 aliphatic heterocycles. The van der Waals surface area contributed by atoms with Crippen molar-refractivity contribution >= 4 is 6.09 Å². The number of amides is 1. The Balaban J connectivity index is 2.41. The Morgan fingerprint density at radius 3 is 2.39 bits per heavy atom. The van der Waals surface area contributed by atoms with Crippen LogP contribution < -0.4 is 5.32 Å². The Hall–Kier alpha value is -0.810. The van der Waals surface area contributed by atoms with Crippen LogP contribution in [0.25, 0.3) is 0 Å². The van der Waals surface area contributed by atoms with Crippen LogP contribution in [0, 0.1) is 0 Å². The predicted molar refractivity (Wildman–Crippen MR) is 70.5 cm³/mol. The number of ether oxygens (including phenoxy) is 1. The summed E-state index contributed by atoms with van der Waals surface area (Å²) < 4.78 is 5.32. The molecule has 0 aliphatic carbocycles. The topological polar surface area (TPSA) is 61.8 Å². The van der Waals surface area contributed by atoms with E-state index in [1.54, 1.807) is 4.90 Å². The van der Waals surface area contributed by atoms with Gasteiger partial charge in [0.15, 0.2) is 0 Å². The number of nitrogens with zero attached hydrogens (tertiary/aromatic N) is 1. The highest BCUT2D eigenvalue weighted by Crippen LogP contribution is 2.26. The number of carbonyl (C=O) groups is 1. The van der Waals surface area contributed by atoms with Gasteiger partial charge in [-0.1, -0.05) is 0 Å². The molecule has 1 saturated heterocycles. The van der Waals surface area contributed by atoms with Gasteiger partial charge in [0, 0.05) is 13.1 Å². The molecule has 106 valence electrons. The zero-order chi connectivity index (χ0) is 13.8. The summed E-state index contributed by atoms with van der Waals surface area (Å²) in [6.45, 7) is 7.50. The minimum absolute atomic E-state index is 0.279. The highest BCUT2D eigenvalue weighted by Gasteiger charge is 2.34. The summed E-state index contributed by atoms with van der Waals surface area (Å²) in [4.78, 5) is 13.5. The average Bonchev–Trinajstić information content (AvgIpc) is 2.25. The third-order valence-corrected chi connectivity index (χ3v) is 3.19. The van der Waals surface area contributed by atoms with Crippen molar-refractivity contribution in [2.45, 2.75) is 51.2 Å². The Morgan fingerprint density at radius 2 is 1.94 bits per heavy atom. The quantitative estimate of drug-likeness (QED) is 0.802. The summed E-state index contributed by atoms with van der Waals surface area (Å²) >= 11 is 0. The predicted octanol–water partition coefficient (Wildman–Crippen LogP) is 1.36. The van der Waals surface area contributed by atoms with Crippen LogP contribution in [-0.4, -0.2) is 54.0 Å². The molecule has 1 fully saturated rings. The van der Waals surface area contributed by atoms with E-state index in [0.29, 0.717) is 25.9 Å². The number of carbonyl (C=O) groups excluding carboxylic acids is 1. The molecule has 1 heterocycles. The molecule has 0 aromatic heterocycles. The van der Waals surface area contributed by atoms with E-state index < -0.39 is 11.2 Å². The first-order valence-corrected chi connectivity index (χ1v) is 6.61. The zero-order valence-corrected chi connectivity index (χ0v) is 12.0. The Morgan fingerprint density at radius 1 is 1.39 bits per heavy atom. The molecule has 5 heteroatoms. The molecule has 0 aromatic rings. The number of piperidine rings is 1. The van der Waals surface area contributed by atoms with Crippen molar-refractivity contribution in [3.8, 4) is 0 Å². The van der Waals surface area contributed by atoms with Gasteiger partial charge < -0.3 is 20.1 Å². The molecular formula is C13H26N2O3. The monoisotopic (exact) mass is 258 g/mol. The van der Waals surface area contributed by atoms with E-state index in [2.05, 4.69) is 5.32 Å². The molecule has 0 atom stereocenters. The van der Waals surface area contributed by atoms with Gasteiger partial charge in [0.2, 0.25) is 0 Å². The molecule has 0 spiro atoms. The maximum absolute atomic E-state index is 11.8. The van der Waals surface area contributed by atoms with Crippen molar-refractivity contribution in [2.24, 2.45) is 0 Å². The molecule has 18 heavy (non-hydrogen) atoms. The number of likely N-dealkylation sites (tertiary alicyclic amines) is 1. The van der Waals surface area contributed by atoms with Crippen molar-refractivity contribution in [1.29, 1.82) is 0 Å². The summed E-state index contributed by atoms with van der Waals surface area (Å²) in [6.07, 6.45) is 1.69. The van der Waals surface area contributed by atoms with Crippen LogP contribution >= 0.6 is 0 Å². The lowest BCUT2D eigenvalue weighted by atomic mass is 9.88. The number of rotatable bonds is 3. The molecule has 0 aromatic carbocycles. The van der Waals surface area contributed by atoms with Crippen LogP contribution in [0.5, 0.6) is 0 Å². The van der Waals surface area contributed by atoms with Gasteiger partial charge >= 0.3 is 6.09 Å². The van der Waals surface area contributed by atoms with E-state index in [1.807, 2.05) is 27.8 Å². The van der Waals surface area contributed by atoms with Gasteiger partial charge in [0.05, 0.1) is 5.60 Å². The summed E-state index contributed by atoms with van der Waals surface area (Å²) in [5, 5.41) is 13.4. The second-order valence-corrected chi connectivity index (χ2v) is 6.05. The fourth-order valence-electron chi connectivity index (χ4n) is 2.04. The van der Waals surface area contributed by atoms with E-state index in [-0.39, 0.29) is 6.09 Å². The summed E-state index contributed by atoms with van der Waals surface area (Å²) in [6, 6.07) is 0. The van der Waals surface area contributed by atoms with E-state index in [0.717, 1.165) is 13.0 Å². The van der Waals surface area contributed by atoms with E-state index in [9.17, 15) is 9.90 Å². The first kappa shape index (κ1) is 15.2. The maximum atomic E-state index is 11.8. The Labute approximate surface area is 109 Å². The van der Waals surface area contributed by atoms with Crippen LogP contribution in [0.4, 0.5) is 4.79 Å². The molecule has 1 amide bonds. The molecule has 0 bridgehead atoms. The number of hydrogen-bond acceptors (Lipinski definition) is 4. The molecule has 2 N–H and O–H groups in total. The summed E-state index contributed by atoms with van der Waals surface area (Å²) in [7, 11) is 1.87. The lowest BCUT2D eigenvalue weighted by Crippen LogP contribution is -2.48. The minimum atomic E-state index is -0.637. The normalized spacial score (nSPS) is 19.7. The van der Waals surface area contributed by atoms with Gasteiger partial charge in [-0.15, -0.1) is 0 Å². The zero-order valence-electron chi connectivity index (χ0n) is 12.0. The first-order valence-electron chi connectivity index (χ1n) is 6.61. The van der Waals surface area contributed by atoms with Crippen LogP contribution in [0.3, 0.4) is 0 Å². The minimum Gasteiger partial charge on any atom is -0.444 e. The van der Waals surface area contributed by atoms with Crippen LogP contribution in [0.2, 0.25) is 0 Å². The molecule has 0 radical (unpaired) electrons. The fourth-order valence-corrected chi connectivity index (χ4v) is 2.04. The maximum Gasteiger partial charge on any atom is 0.410 e. The summed E-state index contributed by atoms with van der Waals surface area (Å²) in [5.74, 6) is 0. The van der Waals surface area contributed by atoms with Crippen LogP contribution in [-0.2, 0) is 4.74 Å². The van der Waals surface area contributed by atoms with Gasteiger partial charge in [0.25, 0.3) is 0 Å². The number of nitrogens with one attached hydrogen (secondary N) is 1. The van der Waals surface area contributed by atoms with Crippen LogP contribution in [0.1, 0.15) is 40.0 Å². The lowest BCUT2D eigenvalue weighted by Gasteiger charge is -2.38. The third-order valence-electron chi connectivity index (χ3n) is 3.19. The lowest BCUT2D eigenvalue weighted by molar-refractivity contribution is -0.0359. The fraction of sp³-hybridized carbons (Fsp3) is 0.923. The van der Waals surface area contributed by atoms with Gasteiger partial charge in [-0.25, -0.2) is 4.79 Å². The number of aliphatic hydroxyl groups is 1. The van der Waals surface area contributed by atoms with Gasteiger partial charge in [-0.2, -0.15) is 0 Å². The molecule has 1 aliphatic rings. The van der Waals surface area contributed by atoms with Crippen molar-refractivity contribution in [1.82, 2.24) is 10.2 Å². The van der Waals surface area contributed by atoms with Gasteiger partial charge in [-0.3, -0.25) is 0 Å². The number of hydrogen-bond donors (Lipinski definition) is 2.